The summed E-state index contributed by atoms with van der Waals surface area (Å²) in [6.45, 7) is 4.08. The molecule has 7 nitrogen and oxygen atoms in total. The summed E-state index contributed by atoms with van der Waals surface area (Å²) in [4.78, 5) is 4.80. The highest BCUT2D eigenvalue weighted by Crippen LogP contribution is 2.48. The molecule has 3 aliphatic rings. The summed E-state index contributed by atoms with van der Waals surface area (Å²) in [6.07, 6.45) is -0.674. The number of aromatic nitrogens is 1. The molecular formula is C22H23BrN2O5. The maximum Gasteiger partial charge on any atom is 0.291 e. The molecule has 30 heavy (non-hydrogen) atoms. The molecule has 1 aromatic heterocycles. The summed E-state index contributed by atoms with van der Waals surface area (Å²) in [6, 6.07) is 7.19. The second-order valence-corrected chi connectivity index (χ2v) is 7.95. The monoisotopic (exact) mass is 474 g/mol. The van der Waals surface area contributed by atoms with E-state index in [1.165, 1.54) is 0 Å². The van der Waals surface area contributed by atoms with Gasteiger partial charge in [-0.05, 0) is 36.3 Å². The van der Waals surface area contributed by atoms with E-state index in [1.807, 2.05) is 31.5 Å². The van der Waals surface area contributed by atoms with Crippen molar-refractivity contribution >= 4 is 22.5 Å². The molecule has 158 valence electrons. The highest BCUT2D eigenvalue weighted by atomic mass is 79.9. The van der Waals surface area contributed by atoms with Gasteiger partial charge in [-0.25, -0.2) is 0 Å². The van der Waals surface area contributed by atoms with Crippen LogP contribution < -0.4 is 21.5 Å². The SMILES string of the molecule is CC1=C2C(=Nc3ccc(O)cc32)C(C)c2cc[n+]([C@@H]3OC[C@H](O)[C@H](O)[C@H]3O)cc21.[Br-]. The van der Waals surface area contributed by atoms with Gasteiger partial charge in [-0.1, -0.05) is 6.92 Å². The summed E-state index contributed by atoms with van der Waals surface area (Å²) in [5, 5.41) is 40.1. The molecule has 1 aromatic carbocycles. The minimum atomic E-state index is -1.26. The molecule has 0 bridgehead atoms. The predicted octanol–water partition coefficient (Wildman–Crippen LogP) is -1.57. The van der Waals surface area contributed by atoms with Crippen molar-refractivity contribution in [1.82, 2.24) is 0 Å². The third kappa shape index (κ3) is 3.02. The van der Waals surface area contributed by atoms with E-state index in [9.17, 15) is 20.4 Å². The van der Waals surface area contributed by atoms with Gasteiger partial charge in [-0.2, -0.15) is 4.57 Å². The minimum Gasteiger partial charge on any atom is -1.00 e. The molecule has 0 radical (unpaired) electrons. The van der Waals surface area contributed by atoms with E-state index in [2.05, 4.69) is 6.92 Å². The molecule has 0 spiro atoms. The van der Waals surface area contributed by atoms with E-state index < -0.39 is 24.5 Å². The van der Waals surface area contributed by atoms with Crippen molar-refractivity contribution in [3.63, 3.8) is 0 Å². The lowest BCUT2D eigenvalue weighted by molar-refractivity contribution is -0.775. The van der Waals surface area contributed by atoms with E-state index in [1.54, 1.807) is 16.7 Å². The van der Waals surface area contributed by atoms with Crippen LogP contribution in [0.5, 0.6) is 5.75 Å². The molecule has 4 N–H and O–H groups in total. The lowest BCUT2D eigenvalue weighted by atomic mass is 9.78. The number of nitrogens with zero attached hydrogens (tertiary/aromatic N) is 2. The number of halogens is 1. The van der Waals surface area contributed by atoms with Gasteiger partial charge >= 0.3 is 0 Å². The number of aliphatic hydroxyl groups is 3. The Labute approximate surface area is 184 Å². The molecule has 8 heteroatoms. The lowest BCUT2D eigenvalue weighted by Crippen LogP contribution is -3.00. The molecule has 3 heterocycles. The third-order valence-electron chi connectivity index (χ3n) is 6.19. The van der Waals surface area contributed by atoms with Crippen molar-refractivity contribution in [2.45, 2.75) is 44.3 Å². The van der Waals surface area contributed by atoms with E-state index >= 15 is 0 Å². The summed E-state index contributed by atoms with van der Waals surface area (Å²) in [7, 11) is 0. The Kier molecular flexibility index (Phi) is 5.32. The summed E-state index contributed by atoms with van der Waals surface area (Å²) in [5.74, 6) is 0.269. The lowest BCUT2D eigenvalue weighted by Gasteiger charge is -2.32. The Morgan fingerprint density at radius 2 is 1.87 bits per heavy atom. The van der Waals surface area contributed by atoms with Crippen LogP contribution in [0.25, 0.3) is 11.1 Å². The van der Waals surface area contributed by atoms with Gasteiger partial charge in [0.15, 0.2) is 18.5 Å². The first-order valence-electron chi connectivity index (χ1n) is 9.71. The Bertz CT molecular complexity index is 1080. The first-order chi connectivity index (χ1) is 13.9. The largest absolute Gasteiger partial charge is 1.00 e. The van der Waals surface area contributed by atoms with Crippen LogP contribution in [-0.4, -0.2) is 51.1 Å². The van der Waals surface area contributed by atoms with Crippen molar-refractivity contribution in [1.29, 1.82) is 0 Å². The van der Waals surface area contributed by atoms with Crippen molar-refractivity contribution < 1.29 is 46.7 Å². The Morgan fingerprint density at radius 3 is 2.63 bits per heavy atom. The number of ether oxygens (including phenoxy) is 1. The molecule has 2 aromatic rings. The number of hydrogen-bond acceptors (Lipinski definition) is 6. The zero-order valence-corrected chi connectivity index (χ0v) is 18.1. The summed E-state index contributed by atoms with van der Waals surface area (Å²) < 4.78 is 7.33. The number of phenols is 1. The zero-order valence-electron chi connectivity index (χ0n) is 16.5. The minimum absolute atomic E-state index is 0. The van der Waals surface area contributed by atoms with E-state index in [-0.39, 0.29) is 35.3 Å². The number of aliphatic hydroxyl groups excluding tert-OH is 3. The van der Waals surface area contributed by atoms with E-state index in [4.69, 9.17) is 9.73 Å². The predicted molar refractivity (Wildman–Crippen MR) is 106 cm³/mol. The average Bonchev–Trinajstić information content (AvgIpc) is 3.09. The number of hydrogen-bond donors (Lipinski definition) is 4. The molecule has 1 aliphatic carbocycles. The van der Waals surface area contributed by atoms with E-state index in [0.29, 0.717) is 0 Å². The van der Waals surface area contributed by atoms with Gasteiger partial charge in [-0.3, -0.25) is 4.99 Å². The molecule has 1 unspecified atom stereocenters. The second-order valence-electron chi connectivity index (χ2n) is 7.95. The molecule has 5 rings (SSSR count). The Balaban J connectivity index is 0.00000218. The van der Waals surface area contributed by atoms with Gasteiger partial charge in [-0.15, -0.1) is 0 Å². The maximum atomic E-state index is 10.4. The number of pyridine rings is 1. The fourth-order valence-electron chi connectivity index (χ4n) is 4.56. The van der Waals surface area contributed by atoms with Gasteiger partial charge in [0, 0.05) is 28.7 Å². The number of aliphatic imine (C=N–C) groups is 1. The Hall–Kier alpha value is -2.10. The van der Waals surface area contributed by atoms with Crippen LogP contribution in [0, 0.1) is 0 Å². The zero-order chi connectivity index (χ0) is 20.4. The highest BCUT2D eigenvalue weighted by Gasteiger charge is 2.44. The molecule has 1 fully saturated rings. The highest BCUT2D eigenvalue weighted by molar-refractivity contribution is 6.38. The number of fused-ring (bicyclic) bond motifs is 4. The molecule has 0 amide bonds. The normalized spacial score (nSPS) is 29.5. The van der Waals surface area contributed by atoms with Crippen molar-refractivity contribution in [3.05, 3.63) is 53.3 Å². The topological polar surface area (TPSA) is 106 Å². The van der Waals surface area contributed by atoms with Crippen LogP contribution in [0.1, 0.15) is 42.7 Å². The van der Waals surface area contributed by atoms with Gasteiger partial charge in [0.2, 0.25) is 0 Å². The van der Waals surface area contributed by atoms with Gasteiger partial charge < -0.3 is 42.1 Å². The van der Waals surface area contributed by atoms with Gasteiger partial charge in [0.25, 0.3) is 6.23 Å². The quantitative estimate of drug-likeness (QED) is 0.373. The molecule has 2 aliphatic heterocycles. The third-order valence-corrected chi connectivity index (χ3v) is 6.19. The average molecular weight is 475 g/mol. The van der Waals surface area contributed by atoms with Crippen LogP contribution in [0.2, 0.25) is 0 Å². The van der Waals surface area contributed by atoms with Crippen LogP contribution >= 0.6 is 0 Å². The Morgan fingerprint density at radius 1 is 1.10 bits per heavy atom. The number of rotatable bonds is 1. The number of benzene rings is 1. The van der Waals surface area contributed by atoms with Crippen LogP contribution in [-0.2, 0) is 4.74 Å². The van der Waals surface area contributed by atoms with Crippen LogP contribution in [0.3, 0.4) is 0 Å². The number of phenolic OH excluding ortho intramolecular Hbond substituents is 1. The number of allylic oxidation sites excluding steroid dienone is 2. The molecule has 1 saturated heterocycles. The van der Waals surface area contributed by atoms with Crippen molar-refractivity contribution in [2.75, 3.05) is 6.61 Å². The number of aromatic hydroxyl groups is 1. The second kappa shape index (κ2) is 7.55. The van der Waals surface area contributed by atoms with Crippen LogP contribution in [0.15, 0.2) is 41.7 Å². The van der Waals surface area contributed by atoms with Crippen molar-refractivity contribution in [2.24, 2.45) is 4.99 Å². The fourth-order valence-corrected chi connectivity index (χ4v) is 4.56. The fraction of sp³-hybridized carbons (Fsp3) is 0.364. The van der Waals surface area contributed by atoms with Crippen molar-refractivity contribution in [3.8, 4) is 5.75 Å². The first-order valence-corrected chi connectivity index (χ1v) is 9.71. The molecule has 0 saturated carbocycles. The molecular weight excluding hydrogens is 452 g/mol. The first kappa shape index (κ1) is 21.1. The van der Waals surface area contributed by atoms with Gasteiger partial charge in [0.1, 0.15) is 18.0 Å². The van der Waals surface area contributed by atoms with E-state index in [0.717, 1.165) is 39.2 Å². The molecule has 5 atom stereocenters. The van der Waals surface area contributed by atoms with Crippen LogP contribution in [0.4, 0.5) is 5.69 Å². The van der Waals surface area contributed by atoms with Gasteiger partial charge in [0.05, 0.1) is 18.0 Å². The summed E-state index contributed by atoms with van der Waals surface area (Å²) in [5.41, 5.74) is 6.92. The standard InChI is InChI=1S/C22H22N2O5.BrH/c1-10-15-8-24(22-21(28)20(27)17(26)9-29-22)6-5-13(15)11(2)19-18(10)14-7-12(25)3-4-16(14)23-19;/h3-8,11,17,20-22,26-28H,9H2,1-2H3;1H/t11?,17-,20-,21+,22+;/m0./s1. The maximum absolute atomic E-state index is 10.4. The summed E-state index contributed by atoms with van der Waals surface area (Å²) >= 11 is 0. The smallest absolute Gasteiger partial charge is 0.291 e.